The number of rotatable bonds is 9. The second-order valence-electron chi connectivity index (χ2n) is 5.60. The van der Waals surface area contributed by atoms with Gasteiger partial charge in [0.15, 0.2) is 0 Å². The number of halogens is 2. The number of ether oxygens (including phenoxy) is 1. The molecule has 3 N–H and O–H groups in total. The summed E-state index contributed by atoms with van der Waals surface area (Å²) in [5.74, 6) is 0.223. The molecule has 0 aliphatic carbocycles. The lowest BCUT2D eigenvalue weighted by molar-refractivity contribution is -0.122. The van der Waals surface area contributed by atoms with Crippen LogP contribution in [0.3, 0.4) is 0 Å². The summed E-state index contributed by atoms with van der Waals surface area (Å²) in [6.07, 6.45) is 2.12. The molecule has 0 aliphatic heterocycles. The first kappa shape index (κ1) is 20.9. The summed E-state index contributed by atoms with van der Waals surface area (Å²) < 4.78 is 18.2. The van der Waals surface area contributed by atoms with Crippen LogP contribution in [0.1, 0.15) is 18.4 Å². The zero-order chi connectivity index (χ0) is 17.2. The molecule has 1 unspecified atom stereocenters. The van der Waals surface area contributed by atoms with E-state index in [1.807, 2.05) is 30.3 Å². The minimum atomic E-state index is -0.539. The van der Waals surface area contributed by atoms with E-state index in [1.165, 1.54) is 12.1 Å². The van der Waals surface area contributed by atoms with Crippen molar-refractivity contribution in [3.63, 3.8) is 0 Å². The molecule has 2 aromatic carbocycles. The van der Waals surface area contributed by atoms with E-state index in [2.05, 4.69) is 5.32 Å². The van der Waals surface area contributed by atoms with E-state index in [1.54, 1.807) is 12.1 Å². The lowest BCUT2D eigenvalue weighted by Gasteiger charge is -2.12. The molecular weight excluding hydrogens is 343 g/mol. The minimum absolute atomic E-state index is 0. The largest absolute Gasteiger partial charge is 0.494 e. The number of nitrogens with one attached hydrogen (secondary N) is 1. The number of benzene rings is 2. The Bertz CT molecular complexity index is 623. The van der Waals surface area contributed by atoms with Gasteiger partial charge < -0.3 is 15.8 Å². The van der Waals surface area contributed by atoms with Crippen LogP contribution in [-0.4, -0.2) is 25.1 Å². The molecule has 4 nitrogen and oxygen atoms in total. The number of hydrogen-bond donors (Lipinski definition) is 2. The first-order valence-corrected chi connectivity index (χ1v) is 8.11. The highest BCUT2D eigenvalue weighted by molar-refractivity contribution is 5.85. The third-order valence-corrected chi connectivity index (χ3v) is 3.59. The molecule has 0 fully saturated rings. The first-order chi connectivity index (χ1) is 11.6. The van der Waals surface area contributed by atoms with Crippen molar-refractivity contribution in [3.8, 4) is 5.75 Å². The number of carbonyl (C=O) groups is 1. The fraction of sp³-hybridized carbons (Fsp3) is 0.316. The summed E-state index contributed by atoms with van der Waals surface area (Å²) in [4.78, 5) is 11.9. The van der Waals surface area contributed by atoms with Crippen molar-refractivity contribution in [2.75, 3.05) is 13.2 Å². The van der Waals surface area contributed by atoms with Gasteiger partial charge in [-0.15, -0.1) is 12.4 Å². The lowest BCUT2D eigenvalue weighted by Crippen LogP contribution is -2.42. The van der Waals surface area contributed by atoms with Crippen molar-refractivity contribution in [2.24, 2.45) is 5.73 Å². The van der Waals surface area contributed by atoms with Gasteiger partial charge in [-0.2, -0.15) is 0 Å². The molecule has 0 radical (unpaired) electrons. The van der Waals surface area contributed by atoms with E-state index in [9.17, 15) is 9.18 Å². The van der Waals surface area contributed by atoms with Crippen LogP contribution in [0.15, 0.2) is 54.6 Å². The van der Waals surface area contributed by atoms with E-state index in [0.717, 1.165) is 18.4 Å². The van der Waals surface area contributed by atoms with E-state index in [-0.39, 0.29) is 24.1 Å². The average molecular weight is 367 g/mol. The molecule has 0 heterocycles. The summed E-state index contributed by atoms with van der Waals surface area (Å²) in [5, 5.41) is 2.84. The normalized spacial score (nSPS) is 11.3. The summed E-state index contributed by atoms with van der Waals surface area (Å²) in [6, 6.07) is 15.1. The van der Waals surface area contributed by atoms with E-state index in [4.69, 9.17) is 10.5 Å². The molecule has 2 rings (SSSR count). The summed E-state index contributed by atoms with van der Waals surface area (Å²) in [6.45, 7) is 1.09. The zero-order valence-corrected chi connectivity index (χ0v) is 14.8. The molecule has 1 atom stereocenters. The summed E-state index contributed by atoms with van der Waals surface area (Å²) in [7, 11) is 0. The van der Waals surface area contributed by atoms with Gasteiger partial charge in [-0.3, -0.25) is 4.79 Å². The molecule has 1 amide bonds. The van der Waals surface area contributed by atoms with Crippen LogP contribution in [0.5, 0.6) is 5.75 Å². The van der Waals surface area contributed by atoms with Crippen molar-refractivity contribution in [1.29, 1.82) is 0 Å². The second-order valence-corrected chi connectivity index (χ2v) is 5.60. The fourth-order valence-electron chi connectivity index (χ4n) is 2.25. The van der Waals surface area contributed by atoms with E-state index in [0.29, 0.717) is 25.3 Å². The predicted octanol–water partition coefficient (Wildman–Crippen LogP) is 3.09. The van der Waals surface area contributed by atoms with Gasteiger partial charge in [0.05, 0.1) is 12.6 Å². The Morgan fingerprint density at radius 3 is 2.44 bits per heavy atom. The molecule has 2 aromatic rings. The molecule has 25 heavy (non-hydrogen) atoms. The van der Waals surface area contributed by atoms with Crippen LogP contribution in [0.4, 0.5) is 4.39 Å². The van der Waals surface area contributed by atoms with Crippen LogP contribution >= 0.6 is 12.4 Å². The molecule has 0 bridgehead atoms. The van der Waals surface area contributed by atoms with Crippen molar-refractivity contribution in [3.05, 3.63) is 66.0 Å². The standard InChI is InChI=1S/C19H23FN2O2.ClH/c20-16-8-10-17(11-9-16)24-13-5-4-12-22-19(23)18(21)14-15-6-2-1-3-7-15;/h1-3,6-11,18H,4-5,12-14,21H2,(H,22,23);1H. The Morgan fingerprint density at radius 2 is 1.76 bits per heavy atom. The Morgan fingerprint density at radius 1 is 1.08 bits per heavy atom. The van der Waals surface area contributed by atoms with Gasteiger partial charge in [-0.05, 0) is 49.1 Å². The molecule has 0 aliphatic rings. The molecule has 0 spiro atoms. The second kappa shape index (κ2) is 11.4. The number of amides is 1. The van der Waals surface area contributed by atoms with Gasteiger partial charge in [0, 0.05) is 6.54 Å². The van der Waals surface area contributed by atoms with Crippen LogP contribution in [0, 0.1) is 5.82 Å². The third-order valence-electron chi connectivity index (χ3n) is 3.59. The van der Waals surface area contributed by atoms with Gasteiger partial charge in [0.2, 0.25) is 5.91 Å². The van der Waals surface area contributed by atoms with E-state index >= 15 is 0 Å². The van der Waals surface area contributed by atoms with Crippen molar-refractivity contribution >= 4 is 18.3 Å². The van der Waals surface area contributed by atoms with Crippen molar-refractivity contribution in [1.82, 2.24) is 5.32 Å². The van der Waals surface area contributed by atoms with Crippen LogP contribution in [0.25, 0.3) is 0 Å². The highest BCUT2D eigenvalue weighted by atomic mass is 35.5. The average Bonchev–Trinajstić information content (AvgIpc) is 2.60. The molecule has 0 saturated heterocycles. The molecular formula is C19H24ClFN2O2. The molecule has 136 valence electrons. The van der Waals surface area contributed by atoms with Crippen LogP contribution in [0.2, 0.25) is 0 Å². The van der Waals surface area contributed by atoms with Gasteiger partial charge in [-0.1, -0.05) is 30.3 Å². The van der Waals surface area contributed by atoms with Gasteiger partial charge >= 0.3 is 0 Å². The minimum Gasteiger partial charge on any atom is -0.494 e. The highest BCUT2D eigenvalue weighted by Gasteiger charge is 2.13. The predicted molar refractivity (Wildman–Crippen MR) is 99.5 cm³/mol. The number of hydrogen-bond acceptors (Lipinski definition) is 3. The van der Waals surface area contributed by atoms with Crippen molar-refractivity contribution < 1.29 is 13.9 Å². The maximum Gasteiger partial charge on any atom is 0.237 e. The SMILES string of the molecule is Cl.NC(Cc1ccccc1)C(=O)NCCCCOc1ccc(F)cc1. The summed E-state index contributed by atoms with van der Waals surface area (Å²) in [5.41, 5.74) is 6.96. The quantitative estimate of drug-likeness (QED) is 0.670. The third kappa shape index (κ3) is 8.01. The smallest absolute Gasteiger partial charge is 0.237 e. The number of nitrogens with two attached hydrogens (primary N) is 1. The van der Waals surface area contributed by atoms with Crippen molar-refractivity contribution in [2.45, 2.75) is 25.3 Å². The van der Waals surface area contributed by atoms with Crippen LogP contribution in [-0.2, 0) is 11.2 Å². The Labute approximate surface area is 154 Å². The highest BCUT2D eigenvalue weighted by Crippen LogP contribution is 2.11. The fourth-order valence-corrected chi connectivity index (χ4v) is 2.25. The number of unbranched alkanes of at least 4 members (excludes halogenated alkanes) is 1. The monoisotopic (exact) mass is 366 g/mol. The van der Waals surface area contributed by atoms with Crippen LogP contribution < -0.4 is 15.8 Å². The maximum absolute atomic E-state index is 12.7. The van der Waals surface area contributed by atoms with Gasteiger partial charge in [0.1, 0.15) is 11.6 Å². The molecule has 0 aromatic heterocycles. The van der Waals surface area contributed by atoms with E-state index < -0.39 is 6.04 Å². The maximum atomic E-state index is 12.7. The molecule has 0 saturated carbocycles. The van der Waals surface area contributed by atoms with Gasteiger partial charge in [-0.25, -0.2) is 4.39 Å². The Kier molecular flexibility index (Phi) is 9.58. The zero-order valence-electron chi connectivity index (χ0n) is 14.0. The lowest BCUT2D eigenvalue weighted by atomic mass is 10.1. The first-order valence-electron chi connectivity index (χ1n) is 8.11. The Hall–Kier alpha value is -2.11. The number of carbonyl (C=O) groups excluding carboxylic acids is 1. The topological polar surface area (TPSA) is 64.4 Å². The summed E-state index contributed by atoms with van der Waals surface area (Å²) >= 11 is 0. The molecule has 6 heteroatoms. The van der Waals surface area contributed by atoms with Gasteiger partial charge in [0.25, 0.3) is 0 Å². The Balaban J connectivity index is 0.00000312.